The van der Waals surface area contributed by atoms with Gasteiger partial charge in [0.05, 0.1) is 5.57 Å². The van der Waals surface area contributed by atoms with Crippen LogP contribution >= 0.6 is 22.9 Å². The number of benzene rings is 2. The number of thiophene rings is 1. The second-order valence-corrected chi connectivity index (χ2v) is 10.2. The fraction of sp³-hybridized carbons (Fsp3) is 0.133. The number of allylic oxidation sites excluding steroid dienone is 6. The lowest BCUT2D eigenvalue weighted by molar-refractivity contribution is -0.132. The van der Waals surface area contributed by atoms with Crippen molar-refractivity contribution in [2.45, 2.75) is 26.9 Å². The van der Waals surface area contributed by atoms with Gasteiger partial charge in [-0.3, -0.25) is 4.79 Å². The van der Waals surface area contributed by atoms with E-state index in [1.807, 2.05) is 54.6 Å². The van der Waals surface area contributed by atoms with Crippen LogP contribution < -0.4 is 10.1 Å². The van der Waals surface area contributed by atoms with E-state index >= 15 is 0 Å². The number of halogens is 1. The Morgan fingerprint density at radius 3 is 2.49 bits per heavy atom. The van der Waals surface area contributed by atoms with Crippen molar-refractivity contribution < 1.29 is 19.4 Å². The van der Waals surface area contributed by atoms with Crippen LogP contribution in [-0.4, -0.2) is 17.0 Å². The molecule has 0 bridgehead atoms. The van der Waals surface area contributed by atoms with Gasteiger partial charge in [-0.05, 0) is 48.8 Å². The van der Waals surface area contributed by atoms with Gasteiger partial charge in [0.15, 0.2) is 5.75 Å². The third-order valence-electron chi connectivity index (χ3n) is 5.77. The summed E-state index contributed by atoms with van der Waals surface area (Å²) in [7, 11) is 0. The second-order valence-electron chi connectivity index (χ2n) is 8.58. The minimum absolute atomic E-state index is 0.0380. The number of fused-ring (bicyclic) bond motifs is 1. The Kier molecular flexibility index (Phi) is 8.11. The largest absolute Gasteiger partial charge is 0.487 e. The molecule has 0 saturated carbocycles. The van der Waals surface area contributed by atoms with E-state index in [1.165, 1.54) is 11.3 Å². The molecule has 0 atom stereocenters. The fourth-order valence-electron chi connectivity index (χ4n) is 4.07. The summed E-state index contributed by atoms with van der Waals surface area (Å²) in [5.41, 5.74) is 3.17. The second kappa shape index (κ2) is 11.5. The number of carbonyl (C=O) groups is 2. The number of amides is 1. The summed E-state index contributed by atoms with van der Waals surface area (Å²) >= 11 is 7.29. The van der Waals surface area contributed by atoms with Crippen LogP contribution in [-0.2, 0) is 11.4 Å². The zero-order valence-electron chi connectivity index (χ0n) is 20.5. The molecule has 188 valence electrons. The van der Waals surface area contributed by atoms with Gasteiger partial charge in [0.2, 0.25) is 0 Å². The molecule has 2 aromatic carbocycles. The molecule has 1 amide bonds. The molecule has 4 rings (SSSR count). The number of carboxylic acid groups (broad SMARTS) is 1. The summed E-state index contributed by atoms with van der Waals surface area (Å²) in [4.78, 5) is 26.2. The van der Waals surface area contributed by atoms with Gasteiger partial charge >= 0.3 is 5.97 Å². The van der Waals surface area contributed by atoms with Gasteiger partial charge in [-0.1, -0.05) is 78.4 Å². The molecule has 1 aromatic heterocycles. The van der Waals surface area contributed by atoms with Gasteiger partial charge in [-0.15, -0.1) is 11.3 Å². The molecule has 7 heteroatoms. The average molecular weight is 532 g/mol. The molecular weight excluding hydrogens is 506 g/mol. The lowest BCUT2D eigenvalue weighted by Crippen LogP contribution is -2.24. The van der Waals surface area contributed by atoms with Crippen LogP contribution in [0.15, 0.2) is 112 Å². The van der Waals surface area contributed by atoms with Crippen molar-refractivity contribution in [1.29, 1.82) is 0 Å². The quantitative estimate of drug-likeness (QED) is 0.280. The number of rotatable bonds is 9. The normalized spacial score (nSPS) is 14.1. The highest BCUT2D eigenvalue weighted by Crippen LogP contribution is 2.39. The maximum Gasteiger partial charge on any atom is 0.338 e. The van der Waals surface area contributed by atoms with Crippen LogP contribution in [0.4, 0.5) is 0 Å². The Bertz CT molecular complexity index is 1500. The topological polar surface area (TPSA) is 75.6 Å². The first-order chi connectivity index (χ1) is 17.8. The molecule has 1 heterocycles. The first-order valence-electron chi connectivity index (χ1n) is 11.6. The first kappa shape index (κ1) is 26.2. The molecule has 5 nitrogen and oxygen atoms in total. The van der Waals surface area contributed by atoms with E-state index < -0.39 is 11.9 Å². The average Bonchev–Trinajstić information content (AvgIpc) is 3.45. The number of hydrogen-bond donors (Lipinski definition) is 2. The third kappa shape index (κ3) is 5.93. The molecular formula is C30H26ClNO4S. The molecule has 0 spiro atoms. The van der Waals surface area contributed by atoms with Crippen LogP contribution in [0.3, 0.4) is 0 Å². The van der Waals surface area contributed by atoms with E-state index in [9.17, 15) is 14.7 Å². The lowest BCUT2D eigenvalue weighted by Gasteiger charge is -2.13. The van der Waals surface area contributed by atoms with E-state index in [1.54, 1.807) is 32.1 Å². The number of hydrogen-bond acceptors (Lipinski definition) is 4. The van der Waals surface area contributed by atoms with Gasteiger partial charge in [-0.2, -0.15) is 0 Å². The lowest BCUT2D eigenvalue weighted by atomic mass is 9.95. The predicted molar refractivity (Wildman–Crippen MR) is 150 cm³/mol. The van der Waals surface area contributed by atoms with E-state index in [4.69, 9.17) is 16.3 Å². The summed E-state index contributed by atoms with van der Waals surface area (Å²) in [6.45, 7) is 7.82. The predicted octanol–water partition coefficient (Wildman–Crippen LogP) is 7.52. The Morgan fingerprint density at radius 1 is 1.11 bits per heavy atom. The number of carboxylic acids is 1. The van der Waals surface area contributed by atoms with Crippen LogP contribution in [0.1, 0.15) is 35.5 Å². The standard InChI is InChI=1S/C30H26ClNO4S/c1-18(2)21(14-13-19(3)31)22-15-16-24(26(22)30(34)35)32-29(33)28-27(23-11-7-8-12-25(23)37-28)36-17-20-9-5-4-6-10-20/h4-15H,1,16-17H2,2-3H3,(H,32,33)(H,34,35). The van der Waals surface area contributed by atoms with Crippen LogP contribution in [0, 0.1) is 0 Å². The van der Waals surface area contributed by atoms with Crippen LogP contribution in [0.2, 0.25) is 0 Å². The molecule has 1 aliphatic carbocycles. The highest BCUT2D eigenvalue weighted by molar-refractivity contribution is 7.21. The van der Waals surface area contributed by atoms with E-state index in [-0.39, 0.29) is 12.0 Å². The van der Waals surface area contributed by atoms with Gasteiger partial charge in [0.25, 0.3) is 5.91 Å². The van der Waals surface area contributed by atoms with Crippen molar-refractivity contribution in [2.75, 3.05) is 0 Å². The molecule has 0 radical (unpaired) electrons. The number of nitrogens with one attached hydrogen (secondary N) is 1. The van der Waals surface area contributed by atoms with E-state index in [2.05, 4.69) is 11.9 Å². The first-order valence-corrected chi connectivity index (χ1v) is 12.8. The minimum atomic E-state index is -1.13. The monoisotopic (exact) mass is 531 g/mol. The molecule has 0 saturated heterocycles. The molecule has 1 aliphatic rings. The Hall–Kier alpha value is -3.87. The van der Waals surface area contributed by atoms with Gasteiger partial charge in [0.1, 0.15) is 11.5 Å². The van der Waals surface area contributed by atoms with Crippen LogP contribution in [0.25, 0.3) is 10.1 Å². The molecule has 37 heavy (non-hydrogen) atoms. The summed E-state index contributed by atoms with van der Waals surface area (Å²) in [6, 6.07) is 17.4. The highest BCUT2D eigenvalue weighted by Gasteiger charge is 2.29. The number of aliphatic carboxylic acids is 1. The van der Waals surface area contributed by atoms with E-state index in [0.29, 0.717) is 44.7 Å². The summed E-state index contributed by atoms with van der Waals surface area (Å²) in [5.74, 6) is -1.06. The number of ether oxygens (including phenoxy) is 1. The smallest absolute Gasteiger partial charge is 0.338 e. The van der Waals surface area contributed by atoms with E-state index in [0.717, 1.165) is 15.6 Å². The van der Waals surface area contributed by atoms with Gasteiger partial charge < -0.3 is 15.2 Å². The third-order valence-corrected chi connectivity index (χ3v) is 7.05. The van der Waals surface area contributed by atoms with Gasteiger partial charge in [-0.25, -0.2) is 4.79 Å². The number of carbonyl (C=O) groups excluding carboxylic acids is 1. The van der Waals surface area contributed by atoms with Gasteiger partial charge in [0, 0.05) is 27.2 Å². The molecule has 3 aromatic rings. The highest BCUT2D eigenvalue weighted by atomic mass is 35.5. The molecule has 0 unspecified atom stereocenters. The van der Waals surface area contributed by atoms with Crippen molar-refractivity contribution in [1.82, 2.24) is 5.32 Å². The Morgan fingerprint density at radius 2 is 1.81 bits per heavy atom. The minimum Gasteiger partial charge on any atom is -0.487 e. The fourth-order valence-corrected chi connectivity index (χ4v) is 5.18. The summed E-state index contributed by atoms with van der Waals surface area (Å²) in [6.07, 6.45) is 5.48. The van der Waals surface area contributed by atoms with Crippen molar-refractivity contribution in [3.63, 3.8) is 0 Å². The van der Waals surface area contributed by atoms with Crippen molar-refractivity contribution in [3.05, 3.63) is 123 Å². The summed E-state index contributed by atoms with van der Waals surface area (Å²) < 4.78 is 7.05. The Balaban J connectivity index is 1.68. The zero-order valence-corrected chi connectivity index (χ0v) is 22.1. The van der Waals surface area contributed by atoms with Crippen molar-refractivity contribution in [3.8, 4) is 5.75 Å². The molecule has 2 N–H and O–H groups in total. The van der Waals surface area contributed by atoms with Crippen molar-refractivity contribution in [2.24, 2.45) is 0 Å². The van der Waals surface area contributed by atoms with Crippen molar-refractivity contribution >= 4 is 44.9 Å². The molecule has 0 aliphatic heterocycles. The van der Waals surface area contributed by atoms with Crippen LogP contribution in [0.5, 0.6) is 5.75 Å². The zero-order chi connectivity index (χ0) is 26.5. The maximum atomic E-state index is 13.5. The maximum absolute atomic E-state index is 13.5. The SMILES string of the molecule is C=C(C)C(=CC=C(C)Cl)C1=CCC(NC(=O)c2sc3ccccc3c2OCc2ccccc2)=C1C(=O)O. The molecule has 0 fully saturated rings. The summed E-state index contributed by atoms with van der Waals surface area (Å²) in [5, 5.41) is 14.3. The Labute approximate surface area is 224 Å².